The molecule has 2 aliphatic carbocycles. The number of fused-ring (bicyclic) bond motifs is 2. The van der Waals surface area contributed by atoms with Gasteiger partial charge in [0, 0.05) is 0 Å². The highest BCUT2D eigenvalue weighted by Gasteiger charge is 2.51. The van der Waals surface area contributed by atoms with Crippen molar-refractivity contribution in [3.8, 4) is 0 Å². The van der Waals surface area contributed by atoms with Crippen LogP contribution in [0.1, 0.15) is 52.9 Å². The monoisotopic (exact) mass is 196 g/mol. The molecule has 0 N–H and O–H groups in total. The number of rotatable bonds is 1. The lowest BCUT2D eigenvalue weighted by Gasteiger charge is -2.29. The van der Waals surface area contributed by atoms with E-state index in [4.69, 9.17) is 4.74 Å². The third-order valence-electron chi connectivity index (χ3n) is 3.57. The Hall–Kier alpha value is -0.530. The van der Waals surface area contributed by atoms with Gasteiger partial charge in [-0.3, -0.25) is 4.79 Å². The van der Waals surface area contributed by atoms with Crippen LogP contribution in [0.15, 0.2) is 0 Å². The maximum absolute atomic E-state index is 12.0. The van der Waals surface area contributed by atoms with Crippen LogP contribution in [0.25, 0.3) is 0 Å². The van der Waals surface area contributed by atoms with Crippen LogP contribution in [-0.4, -0.2) is 11.6 Å². The summed E-state index contributed by atoms with van der Waals surface area (Å²) in [5.74, 6) is 0.868. The molecule has 2 heteroatoms. The highest BCUT2D eigenvalue weighted by atomic mass is 16.6. The summed E-state index contributed by atoms with van der Waals surface area (Å²) in [7, 11) is 0. The van der Waals surface area contributed by atoms with Crippen LogP contribution in [0.2, 0.25) is 0 Å². The van der Waals surface area contributed by atoms with Gasteiger partial charge < -0.3 is 4.74 Å². The van der Waals surface area contributed by atoms with E-state index in [0.717, 1.165) is 25.2 Å². The van der Waals surface area contributed by atoms with Gasteiger partial charge >= 0.3 is 5.97 Å². The highest BCUT2D eigenvalue weighted by molar-refractivity contribution is 5.78. The van der Waals surface area contributed by atoms with Crippen molar-refractivity contribution in [1.82, 2.24) is 0 Å². The predicted octanol–water partition coefficient (Wildman–Crippen LogP) is 2.91. The Kier molecular flexibility index (Phi) is 2.13. The number of hydrogen-bond donors (Lipinski definition) is 0. The van der Waals surface area contributed by atoms with E-state index in [0.29, 0.717) is 0 Å². The van der Waals surface area contributed by atoms with Crippen LogP contribution in [-0.2, 0) is 9.53 Å². The lowest BCUT2D eigenvalue weighted by Crippen LogP contribution is -2.34. The Balaban J connectivity index is 2.04. The first-order valence-electron chi connectivity index (χ1n) is 5.65. The summed E-state index contributed by atoms with van der Waals surface area (Å²) in [5.41, 5.74) is -0.412. The third-order valence-corrected chi connectivity index (χ3v) is 3.57. The van der Waals surface area contributed by atoms with Gasteiger partial charge in [-0.15, -0.1) is 0 Å². The summed E-state index contributed by atoms with van der Waals surface area (Å²) in [4.78, 5) is 12.0. The maximum Gasteiger partial charge on any atom is 0.312 e. The molecule has 0 unspecified atom stereocenters. The largest absolute Gasteiger partial charge is 0.460 e. The summed E-state index contributed by atoms with van der Waals surface area (Å²) < 4.78 is 5.50. The minimum Gasteiger partial charge on any atom is -0.460 e. The molecule has 2 rings (SSSR count). The molecule has 0 aromatic heterocycles. The topological polar surface area (TPSA) is 26.3 Å². The van der Waals surface area contributed by atoms with E-state index in [1.54, 1.807) is 0 Å². The maximum atomic E-state index is 12.0. The highest BCUT2D eigenvalue weighted by Crippen LogP contribution is 2.54. The van der Waals surface area contributed by atoms with Crippen LogP contribution in [0, 0.1) is 11.3 Å². The second-order valence-corrected chi connectivity index (χ2v) is 5.93. The normalized spacial score (nSPS) is 36.1. The van der Waals surface area contributed by atoms with Crippen LogP contribution >= 0.6 is 0 Å². The van der Waals surface area contributed by atoms with E-state index in [9.17, 15) is 4.79 Å². The molecule has 0 heterocycles. The fourth-order valence-electron chi connectivity index (χ4n) is 2.86. The summed E-state index contributed by atoms with van der Waals surface area (Å²) in [5, 5.41) is 0. The molecular weight excluding hydrogens is 176 g/mol. The minimum absolute atomic E-state index is 0.0602. The van der Waals surface area contributed by atoms with Gasteiger partial charge in [0.05, 0.1) is 5.41 Å². The first-order valence-corrected chi connectivity index (χ1v) is 5.65. The van der Waals surface area contributed by atoms with Gasteiger partial charge in [-0.05, 0) is 58.8 Å². The van der Waals surface area contributed by atoms with Gasteiger partial charge in [0.25, 0.3) is 0 Å². The number of carbonyl (C=O) groups is 1. The van der Waals surface area contributed by atoms with Crippen LogP contribution in [0.4, 0.5) is 0 Å². The Morgan fingerprint density at radius 1 is 1.29 bits per heavy atom. The Bertz CT molecular complexity index is 242. The molecule has 2 aliphatic rings. The molecule has 2 bridgehead atoms. The molecule has 0 aliphatic heterocycles. The van der Waals surface area contributed by atoms with Gasteiger partial charge in [-0.25, -0.2) is 0 Å². The molecule has 0 aromatic rings. The average Bonchev–Trinajstić information content (AvgIpc) is 2.60. The van der Waals surface area contributed by atoms with Crippen molar-refractivity contribution in [3.05, 3.63) is 0 Å². The van der Waals surface area contributed by atoms with Crippen molar-refractivity contribution in [1.29, 1.82) is 0 Å². The minimum atomic E-state index is -0.327. The summed E-state index contributed by atoms with van der Waals surface area (Å²) >= 11 is 0. The van der Waals surface area contributed by atoms with E-state index in [-0.39, 0.29) is 17.0 Å². The van der Waals surface area contributed by atoms with E-state index >= 15 is 0 Å². The predicted molar refractivity (Wildman–Crippen MR) is 54.9 cm³/mol. The SMILES string of the molecule is CC(C)(C)OC(=O)C12CCC(CC1)C2. The average molecular weight is 196 g/mol. The molecule has 0 amide bonds. The van der Waals surface area contributed by atoms with Gasteiger partial charge in [-0.2, -0.15) is 0 Å². The lowest BCUT2D eigenvalue weighted by molar-refractivity contribution is -0.167. The van der Waals surface area contributed by atoms with Crippen molar-refractivity contribution in [2.75, 3.05) is 0 Å². The van der Waals surface area contributed by atoms with Crippen molar-refractivity contribution in [2.45, 2.75) is 58.5 Å². The second kappa shape index (κ2) is 2.98. The fourth-order valence-corrected chi connectivity index (χ4v) is 2.86. The number of ether oxygens (including phenoxy) is 1. The molecule has 0 atom stereocenters. The molecule has 14 heavy (non-hydrogen) atoms. The Labute approximate surface area is 86.0 Å². The molecule has 80 valence electrons. The van der Waals surface area contributed by atoms with Crippen molar-refractivity contribution in [3.63, 3.8) is 0 Å². The first kappa shape index (κ1) is 10.0. The number of esters is 1. The Morgan fingerprint density at radius 2 is 1.86 bits per heavy atom. The molecule has 0 aromatic carbocycles. The quantitative estimate of drug-likeness (QED) is 0.603. The molecule has 0 saturated heterocycles. The summed E-state index contributed by atoms with van der Waals surface area (Å²) in [6.07, 6.45) is 5.68. The molecule has 2 fully saturated rings. The second-order valence-electron chi connectivity index (χ2n) is 5.93. The van der Waals surface area contributed by atoms with E-state index < -0.39 is 0 Å². The van der Waals surface area contributed by atoms with Crippen molar-refractivity contribution >= 4 is 5.97 Å². The summed E-state index contributed by atoms with van der Waals surface area (Å²) in [6.45, 7) is 5.84. The summed E-state index contributed by atoms with van der Waals surface area (Å²) in [6, 6.07) is 0. The van der Waals surface area contributed by atoms with Crippen molar-refractivity contribution in [2.24, 2.45) is 11.3 Å². The zero-order chi connectivity index (χ0) is 10.4. The molecule has 2 nitrogen and oxygen atoms in total. The Morgan fingerprint density at radius 3 is 2.21 bits per heavy atom. The smallest absolute Gasteiger partial charge is 0.312 e. The first-order chi connectivity index (χ1) is 6.41. The lowest BCUT2D eigenvalue weighted by atomic mass is 9.84. The standard InChI is InChI=1S/C12H20O2/c1-11(2,3)14-10(13)12-6-4-9(8-12)5-7-12/h9H,4-8H2,1-3H3. The van der Waals surface area contributed by atoms with Crippen LogP contribution in [0.5, 0.6) is 0 Å². The van der Waals surface area contributed by atoms with Gasteiger partial charge in [0.2, 0.25) is 0 Å². The molecule has 2 saturated carbocycles. The zero-order valence-electron chi connectivity index (χ0n) is 9.43. The third kappa shape index (κ3) is 1.67. The number of hydrogen-bond acceptors (Lipinski definition) is 2. The van der Waals surface area contributed by atoms with Crippen LogP contribution < -0.4 is 0 Å². The molecule has 0 spiro atoms. The van der Waals surface area contributed by atoms with Crippen molar-refractivity contribution < 1.29 is 9.53 Å². The van der Waals surface area contributed by atoms with E-state index in [2.05, 4.69) is 0 Å². The fraction of sp³-hybridized carbons (Fsp3) is 0.917. The zero-order valence-corrected chi connectivity index (χ0v) is 9.43. The molecular formula is C12H20O2. The van der Waals surface area contributed by atoms with Crippen LogP contribution in [0.3, 0.4) is 0 Å². The van der Waals surface area contributed by atoms with E-state index in [1.807, 2.05) is 20.8 Å². The van der Waals surface area contributed by atoms with E-state index in [1.165, 1.54) is 12.8 Å². The van der Waals surface area contributed by atoms with Gasteiger partial charge in [0.1, 0.15) is 5.60 Å². The number of carbonyl (C=O) groups excluding carboxylic acids is 1. The molecule has 0 radical (unpaired) electrons. The van der Waals surface area contributed by atoms with Gasteiger partial charge in [-0.1, -0.05) is 0 Å². The van der Waals surface area contributed by atoms with Gasteiger partial charge in [0.15, 0.2) is 0 Å².